The second-order valence-corrected chi connectivity index (χ2v) is 6.17. The summed E-state index contributed by atoms with van der Waals surface area (Å²) in [6.07, 6.45) is 12.2. The van der Waals surface area contributed by atoms with E-state index < -0.39 is 5.60 Å². The molecule has 0 aliphatic heterocycles. The molecule has 1 fully saturated rings. The number of rotatable bonds is 4. The molecule has 0 saturated heterocycles. The van der Waals surface area contributed by atoms with Crippen LogP contribution < -0.4 is 10.6 Å². The molecule has 128 valence electrons. The molecule has 2 aromatic rings. The maximum Gasteiger partial charge on any atom is 0.319 e. The molecule has 0 aromatic carbocycles. The Kier molecular flexibility index (Phi) is 5.05. The van der Waals surface area contributed by atoms with E-state index >= 15 is 0 Å². The van der Waals surface area contributed by atoms with Gasteiger partial charge in [0.15, 0.2) is 0 Å². The van der Waals surface area contributed by atoms with Crippen LogP contribution in [0.1, 0.15) is 38.5 Å². The first-order valence-electron chi connectivity index (χ1n) is 8.24. The second-order valence-electron chi connectivity index (χ2n) is 6.17. The average molecular weight is 330 g/mol. The number of aromatic nitrogens is 4. The van der Waals surface area contributed by atoms with Gasteiger partial charge in [0.25, 0.3) is 0 Å². The third-order valence-corrected chi connectivity index (χ3v) is 4.21. The van der Waals surface area contributed by atoms with Crippen molar-refractivity contribution in [1.82, 2.24) is 25.1 Å². The highest BCUT2D eigenvalue weighted by Gasteiger charge is 2.28. The van der Waals surface area contributed by atoms with Gasteiger partial charge in [-0.25, -0.2) is 19.4 Å². The molecular formula is C16H22N6O2. The van der Waals surface area contributed by atoms with E-state index in [-0.39, 0.29) is 12.6 Å². The van der Waals surface area contributed by atoms with Crippen molar-refractivity contribution < 1.29 is 9.90 Å². The normalized spacial score (nSPS) is 17.0. The largest absolute Gasteiger partial charge is 0.388 e. The standard InChI is InChI=1S/C16H22N6O2/c23-15(19-12-16(24)6-3-1-2-4-7-16)21-13-10-20-22(11-13)14-17-8-5-9-18-14/h5,8-11,24H,1-4,6-7,12H2,(H2,19,21,23). The third-order valence-electron chi connectivity index (χ3n) is 4.21. The van der Waals surface area contributed by atoms with E-state index in [0.29, 0.717) is 11.6 Å². The van der Waals surface area contributed by atoms with Gasteiger partial charge in [-0.15, -0.1) is 0 Å². The number of carbonyl (C=O) groups excluding carboxylic acids is 1. The van der Waals surface area contributed by atoms with Crippen LogP contribution in [0.5, 0.6) is 0 Å². The molecule has 1 aliphatic carbocycles. The summed E-state index contributed by atoms with van der Waals surface area (Å²) in [6.45, 7) is 0.259. The van der Waals surface area contributed by atoms with E-state index in [9.17, 15) is 9.90 Å². The molecule has 2 amide bonds. The van der Waals surface area contributed by atoms with E-state index in [1.165, 1.54) is 10.9 Å². The van der Waals surface area contributed by atoms with Gasteiger partial charge < -0.3 is 15.7 Å². The first kappa shape index (κ1) is 16.4. The maximum absolute atomic E-state index is 12.0. The molecule has 0 bridgehead atoms. The minimum atomic E-state index is -0.796. The Hall–Kier alpha value is -2.48. The number of nitrogens with one attached hydrogen (secondary N) is 2. The van der Waals surface area contributed by atoms with E-state index in [1.54, 1.807) is 24.7 Å². The van der Waals surface area contributed by atoms with Crippen LogP contribution in [0.4, 0.5) is 10.5 Å². The van der Waals surface area contributed by atoms with Crippen molar-refractivity contribution >= 4 is 11.7 Å². The number of urea groups is 1. The van der Waals surface area contributed by atoms with Crippen LogP contribution in [0, 0.1) is 0 Å². The van der Waals surface area contributed by atoms with Crippen LogP contribution in [0.15, 0.2) is 30.9 Å². The first-order valence-corrected chi connectivity index (χ1v) is 8.24. The van der Waals surface area contributed by atoms with Crippen molar-refractivity contribution in [2.75, 3.05) is 11.9 Å². The highest BCUT2D eigenvalue weighted by atomic mass is 16.3. The summed E-state index contributed by atoms with van der Waals surface area (Å²) in [5, 5.41) is 20.1. The number of aliphatic hydroxyl groups is 1. The Morgan fingerprint density at radius 3 is 2.62 bits per heavy atom. The number of nitrogens with zero attached hydrogens (tertiary/aromatic N) is 4. The molecule has 0 spiro atoms. The van der Waals surface area contributed by atoms with Gasteiger partial charge in [-0.2, -0.15) is 5.10 Å². The maximum atomic E-state index is 12.0. The summed E-state index contributed by atoms with van der Waals surface area (Å²) in [5.74, 6) is 0.429. The molecule has 24 heavy (non-hydrogen) atoms. The molecule has 0 radical (unpaired) electrons. The Bertz CT molecular complexity index is 664. The summed E-state index contributed by atoms with van der Waals surface area (Å²) in [5.41, 5.74) is -0.261. The minimum Gasteiger partial charge on any atom is -0.388 e. The van der Waals surface area contributed by atoms with E-state index in [1.807, 2.05) is 0 Å². The van der Waals surface area contributed by atoms with Crippen LogP contribution in [0.25, 0.3) is 5.95 Å². The Morgan fingerprint density at radius 2 is 1.92 bits per heavy atom. The monoisotopic (exact) mass is 330 g/mol. The smallest absolute Gasteiger partial charge is 0.319 e. The van der Waals surface area contributed by atoms with Crippen LogP contribution >= 0.6 is 0 Å². The Morgan fingerprint density at radius 1 is 1.21 bits per heavy atom. The summed E-state index contributed by atoms with van der Waals surface area (Å²) >= 11 is 0. The lowest BCUT2D eigenvalue weighted by Gasteiger charge is -2.26. The van der Waals surface area contributed by atoms with Crippen molar-refractivity contribution in [3.8, 4) is 5.95 Å². The van der Waals surface area contributed by atoms with Crippen LogP contribution in [0.3, 0.4) is 0 Å². The van der Waals surface area contributed by atoms with Crippen LogP contribution in [-0.2, 0) is 0 Å². The summed E-state index contributed by atoms with van der Waals surface area (Å²) in [6, 6.07) is 1.36. The third kappa shape index (κ3) is 4.29. The zero-order valence-electron chi connectivity index (χ0n) is 13.5. The lowest BCUT2D eigenvalue weighted by atomic mass is 9.95. The van der Waals surface area contributed by atoms with E-state index in [0.717, 1.165) is 38.5 Å². The fourth-order valence-corrected chi connectivity index (χ4v) is 2.89. The summed E-state index contributed by atoms with van der Waals surface area (Å²) < 4.78 is 1.48. The molecular weight excluding hydrogens is 308 g/mol. The molecule has 3 rings (SSSR count). The van der Waals surface area contributed by atoms with Gasteiger partial charge >= 0.3 is 6.03 Å². The number of amides is 2. The molecule has 0 unspecified atom stereocenters. The number of anilines is 1. The summed E-state index contributed by atoms with van der Waals surface area (Å²) in [4.78, 5) is 20.2. The lowest BCUT2D eigenvalue weighted by molar-refractivity contribution is 0.0281. The van der Waals surface area contributed by atoms with Gasteiger partial charge in [-0.1, -0.05) is 25.7 Å². The Balaban J connectivity index is 1.53. The van der Waals surface area contributed by atoms with Crippen molar-refractivity contribution in [2.24, 2.45) is 0 Å². The molecule has 3 N–H and O–H groups in total. The van der Waals surface area contributed by atoms with Gasteiger partial charge in [0, 0.05) is 18.9 Å². The average Bonchev–Trinajstić information content (AvgIpc) is 2.95. The van der Waals surface area contributed by atoms with E-state index in [4.69, 9.17) is 0 Å². The van der Waals surface area contributed by atoms with Crippen LogP contribution in [0.2, 0.25) is 0 Å². The molecule has 1 saturated carbocycles. The summed E-state index contributed by atoms with van der Waals surface area (Å²) in [7, 11) is 0. The molecule has 8 nitrogen and oxygen atoms in total. The van der Waals surface area contributed by atoms with Crippen molar-refractivity contribution in [1.29, 1.82) is 0 Å². The fourth-order valence-electron chi connectivity index (χ4n) is 2.89. The molecule has 8 heteroatoms. The molecule has 2 aromatic heterocycles. The topological polar surface area (TPSA) is 105 Å². The van der Waals surface area contributed by atoms with Crippen molar-refractivity contribution in [2.45, 2.75) is 44.1 Å². The van der Waals surface area contributed by atoms with Gasteiger partial charge in [0.2, 0.25) is 5.95 Å². The number of hydrogen-bond acceptors (Lipinski definition) is 5. The molecule has 2 heterocycles. The zero-order valence-corrected chi connectivity index (χ0v) is 13.5. The predicted molar refractivity (Wildman–Crippen MR) is 88.8 cm³/mol. The number of hydrogen-bond donors (Lipinski definition) is 3. The van der Waals surface area contributed by atoms with Gasteiger partial charge in [0.1, 0.15) is 0 Å². The Labute approximate surface area is 140 Å². The van der Waals surface area contributed by atoms with Crippen molar-refractivity contribution in [3.05, 3.63) is 30.9 Å². The van der Waals surface area contributed by atoms with Gasteiger partial charge in [-0.05, 0) is 18.9 Å². The van der Waals surface area contributed by atoms with Gasteiger partial charge in [0.05, 0.1) is 23.7 Å². The SMILES string of the molecule is O=C(NCC1(O)CCCCCC1)Nc1cnn(-c2ncccn2)c1. The van der Waals surface area contributed by atoms with E-state index in [2.05, 4.69) is 25.7 Å². The lowest BCUT2D eigenvalue weighted by Crippen LogP contribution is -2.44. The highest BCUT2D eigenvalue weighted by Crippen LogP contribution is 2.26. The fraction of sp³-hybridized carbons (Fsp3) is 0.500. The minimum absolute atomic E-state index is 0.259. The zero-order chi connectivity index (χ0) is 16.8. The molecule has 0 atom stereocenters. The van der Waals surface area contributed by atoms with Crippen LogP contribution in [-0.4, -0.2) is 43.0 Å². The van der Waals surface area contributed by atoms with Gasteiger partial charge in [-0.3, -0.25) is 0 Å². The quantitative estimate of drug-likeness (QED) is 0.742. The molecule has 1 aliphatic rings. The number of carbonyl (C=O) groups is 1. The second kappa shape index (κ2) is 7.39. The van der Waals surface area contributed by atoms with Crippen molar-refractivity contribution in [3.63, 3.8) is 0 Å². The first-order chi connectivity index (χ1) is 11.6. The predicted octanol–water partition coefficient (Wildman–Crippen LogP) is 1.87. The highest BCUT2D eigenvalue weighted by molar-refractivity contribution is 5.88.